The molecule has 0 heterocycles. The number of likely N-dealkylation sites (N-methyl/N-ethyl adjacent to an activating group) is 1. The zero-order valence-corrected chi connectivity index (χ0v) is 22.8. The Bertz CT molecular complexity index is 1580. The van der Waals surface area contributed by atoms with Crippen molar-refractivity contribution in [2.24, 2.45) is 17.6 Å². The normalized spacial score (nSPS) is 25.5. The fourth-order valence-electron chi connectivity index (χ4n) is 6.76. The first-order valence-corrected chi connectivity index (χ1v) is 13.5. The summed E-state index contributed by atoms with van der Waals surface area (Å²) in [4.78, 5) is 40.8. The second kappa shape index (κ2) is 10.2. The number of unbranched alkanes of at least 4 members (excludes halogenated alkanes) is 1. The first-order valence-electron chi connectivity index (χ1n) is 13.5. The molecule has 0 saturated heterocycles. The zero-order chi connectivity index (χ0) is 29.8. The van der Waals surface area contributed by atoms with Crippen molar-refractivity contribution in [1.82, 2.24) is 4.90 Å². The number of carbonyl (C=O) groups excluding carboxylic acids is 3. The minimum atomic E-state index is -2.66. The van der Waals surface area contributed by atoms with Gasteiger partial charge in [-0.05, 0) is 74.0 Å². The second-order valence-corrected chi connectivity index (χ2v) is 11.2. The van der Waals surface area contributed by atoms with Crippen LogP contribution in [0, 0.1) is 24.2 Å². The predicted molar refractivity (Wildman–Crippen MR) is 151 cm³/mol. The molecule has 212 valence electrons. The number of phenolic OH excluding ortho intramolecular Hbond substituents is 1. The minimum absolute atomic E-state index is 0.0367. The summed E-state index contributed by atoms with van der Waals surface area (Å²) in [5, 5.41) is 44.9. The molecule has 1 fully saturated rings. The number of hydrogen-bond donors (Lipinski definition) is 5. The van der Waals surface area contributed by atoms with E-state index in [9.17, 15) is 34.8 Å². The van der Waals surface area contributed by atoms with E-state index in [0.29, 0.717) is 12.0 Å². The number of aromatic hydroxyl groups is 1. The highest BCUT2D eigenvalue weighted by molar-refractivity contribution is 6.24. The van der Waals surface area contributed by atoms with Crippen molar-refractivity contribution in [3.05, 3.63) is 70.0 Å². The molecule has 1 amide bonds. The predicted octanol–water partition coefficient (Wildman–Crippen LogP) is 2.59. The number of nitrogens with zero attached hydrogens (tertiary/aromatic N) is 1. The van der Waals surface area contributed by atoms with Gasteiger partial charge in [-0.3, -0.25) is 19.3 Å². The Labute approximate surface area is 237 Å². The molecular weight excluding hydrogens is 524 g/mol. The van der Waals surface area contributed by atoms with E-state index >= 15 is 0 Å². The van der Waals surface area contributed by atoms with Gasteiger partial charge in [0.1, 0.15) is 22.8 Å². The topological polar surface area (TPSA) is 161 Å². The number of aryl methyl sites for hydroxylation is 1. The standard InChI is InChI=1S/C32H32N2O7/c1-4-5-6-7-16-8-10-17(11-9-16)19-12-13-22(35)24-20(19)14-18-15-21-26(34(2)3)28(37)25(31(33)40)30(39)32(21,41)29(38)23(18)27(24)36/h1,8-13,18,21,26,35-36,39,41H,5-7,14-15H2,2-3H3,(H2,33,40)/t18-,21-,26?,32-/m1/s1. The van der Waals surface area contributed by atoms with Gasteiger partial charge >= 0.3 is 0 Å². The quantitative estimate of drug-likeness (QED) is 0.206. The van der Waals surface area contributed by atoms with Crippen LogP contribution in [0.5, 0.6) is 5.75 Å². The van der Waals surface area contributed by atoms with Gasteiger partial charge in [0.15, 0.2) is 11.4 Å². The van der Waals surface area contributed by atoms with Crippen LogP contribution in [0.2, 0.25) is 0 Å². The van der Waals surface area contributed by atoms with Crippen LogP contribution in [0.4, 0.5) is 0 Å². The molecule has 9 heteroatoms. The summed E-state index contributed by atoms with van der Waals surface area (Å²) in [6.07, 6.45) is 8.01. The van der Waals surface area contributed by atoms with Gasteiger partial charge in [-0.15, -0.1) is 12.3 Å². The van der Waals surface area contributed by atoms with Crippen LogP contribution in [0.1, 0.15) is 36.0 Å². The van der Waals surface area contributed by atoms with E-state index in [4.69, 9.17) is 12.2 Å². The summed E-state index contributed by atoms with van der Waals surface area (Å²) in [6.45, 7) is 0. The van der Waals surface area contributed by atoms with Crippen molar-refractivity contribution in [1.29, 1.82) is 0 Å². The molecule has 0 radical (unpaired) electrons. The Balaban J connectivity index is 1.63. The van der Waals surface area contributed by atoms with Gasteiger partial charge in [0, 0.05) is 17.9 Å². The highest BCUT2D eigenvalue weighted by atomic mass is 16.3. The van der Waals surface area contributed by atoms with Crippen LogP contribution < -0.4 is 5.73 Å². The maximum absolute atomic E-state index is 14.0. The van der Waals surface area contributed by atoms with Gasteiger partial charge < -0.3 is 26.2 Å². The maximum Gasteiger partial charge on any atom is 0.255 e. The summed E-state index contributed by atoms with van der Waals surface area (Å²) in [5.74, 6) is -4.06. The summed E-state index contributed by atoms with van der Waals surface area (Å²) in [6, 6.07) is 9.96. The molecule has 6 N–H and O–H groups in total. The number of primary amides is 1. The number of aliphatic hydroxyl groups excluding tert-OH is 2. The third-order valence-electron chi connectivity index (χ3n) is 8.66. The van der Waals surface area contributed by atoms with E-state index in [1.165, 1.54) is 11.0 Å². The van der Waals surface area contributed by atoms with Crippen LogP contribution in [0.25, 0.3) is 16.9 Å². The Kier molecular flexibility index (Phi) is 7.02. The largest absolute Gasteiger partial charge is 0.508 e. The van der Waals surface area contributed by atoms with Crippen molar-refractivity contribution >= 4 is 23.2 Å². The molecular formula is C32H32N2O7. The number of hydrogen-bond acceptors (Lipinski definition) is 8. The van der Waals surface area contributed by atoms with Crippen LogP contribution >= 0.6 is 0 Å². The van der Waals surface area contributed by atoms with Gasteiger partial charge in [-0.2, -0.15) is 0 Å². The van der Waals surface area contributed by atoms with E-state index in [0.717, 1.165) is 29.5 Å². The molecule has 2 aromatic rings. The molecule has 0 aliphatic heterocycles. The van der Waals surface area contributed by atoms with Gasteiger partial charge in [0.2, 0.25) is 5.78 Å². The van der Waals surface area contributed by atoms with E-state index in [-0.39, 0.29) is 29.7 Å². The molecule has 0 aromatic heterocycles. The number of amides is 1. The Morgan fingerprint density at radius 2 is 1.80 bits per heavy atom. The third-order valence-corrected chi connectivity index (χ3v) is 8.66. The maximum atomic E-state index is 14.0. The number of benzene rings is 2. The van der Waals surface area contributed by atoms with Gasteiger partial charge in [0.25, 0.3) is 5.91 Å². The lowest BCUT2D eigenvalue weighted by atomic mass is 9.57. The fraction of sp³-hybridized carbons (Fsp3) is 0.344. The molecule has 1 unspecified atom stereocenters. The lowest BCUT2D eigenvalue weighted by Crippen LogP contribution is -2.65. The smallest absolute Gasteiger partial charge is 0.255 e. The summed E-state index contributed by atoms with van der Waals surface area (Å²) in [7, 11) is 3.14. The number of fused-ring (bicyclic) bond motifs is 3. The van der Waals surface area contributed by atoms with Gasteiger partial charge in [0.05, 0.1) is 11.6 Å². The van der Waals surface area contributed by atoms with Crippen molar-refractivity contribution in [2.75, 3.05) is 14.1 Å². The van der Waals surface area contributed by atoms with Crippen LogP contribution in [-0.2, 0) is 27.2 Å². The molecule has 4 atom stereocenters. The Morgan fingerprint density at radius 3 is 2.41 bits per heavy atom. The monoisotopic (exact) mass is 556 g/mol. The fourth-order valence-corrected chi connectivity index (χ4v) is 6.76. The average molecular weight is 557 g/mol. The first-order chi connectivity index (χ1) is 19.4. The van der Waals surface area contributed by atoms with Gasteiger partial charge in [-0.25, -0.2) is 0 Å². The number of nitrogens with two attached hydrogens (primary N) is 1. The van der Waals surface area contributed by atoms with E-state index in [2.05, 4.69) is 5.92 Å². The Morgan fingerprint density at radius 1 is 1.12 bits per heavy atom. The molecule has 5 rings (SSSR count). The molecule has 41 heavy (non-hydrogen) atoms. The van der Waals surface area contributed by atoms with Crippen LogP contribution in [0.3, 0.4) is 0 Å². The molecule has 0 spiro atoms. The first kappa shape index (κ1) is 28.1. The number of ketones is 2. The van der Waals surface area contributed by atoms with E-state index < -0.39 is 58.0 Å². The zero-order valence-electron chi connectivity index (χ0n) is 22.8. The van der Waals surface area contributed by atoms with Crippen molar-refractivity contribution in [2.45, 2.75) is 43.7 Å². The van der Waals surface area contributed by atoms with Crippen molar-refractivity contribution < 1.29 is 34.8 Å². The molecule has 0 bridgehead atoms. The molecule has 2 aromatic carbocycles. The number of Topliss-reactive ketones (excluding diaryl/α,β-unsaturated/α-hetero) is 2. The number of terminal acetylenes is 1. The highest BCUT2D eigenvalue weighted by Crippen LogP contribution is 2.53. The molecule has 9 nitrogen and oxygen atoms in total. The number of phenols is 1. The lowest BCUT2D eigenvalue weighted by Gasteiger charge is -2.50. The minimum Gasteiger partial charge on any atom is -0.508 e. The van der Waals surface area contributed by atoms with Crippen molar-refractivity contribution in [3.63, 3.8) is 0 Å². The SMILES string of the molecule is C#CCCCc1ccc(-c2ccc(O)c3c2C[C@@H]2C[C@@H]4C(N(C)C)C(=O)C(C(N)=O)=C(O)[C@]4(O)C(=O)C2=C3O)cc1. The Hall–Kier alpha value is -4.39. The summed E-state index contributed by atoms with van der Waals surface area (Å²) < 4.78 is 0. The molecule has 3 aliphatic carbocycles. The highest BCUT2D eigenvalue weighted by Gasteiger charge is 2.64. The van der Waals surface area contributed by atoms with Crippen molar-refractivity contribution in [3.8, 4) is 29.2 Å². The molecule has 1 saturated carbocycles. The van der Waals surface area contributed by atoms with E-state index in [1.54, 1.807) is 20.2 Å². The average Bonchev–Trinajstić information content (AvgIpc) is 2.91. The van der Waals surface area contributed by atoms with Gasteiger partial charge in [-0.1, -0.05) is 30.3 Å². The van der Waals surface area contributed by atoms with Crippen LogP contribution in [-0.4, -0.2) is 68.5 Å². The van der Waals surface area contributed by atoms with E-state index in [1.807, 2.05) is 24.3 Å². The summed E-state index contributed by atoms with van der Waals surface area (Å²) in [5.41, 5.74) is 5.12. The third kappa shape index (κ3) is 4.22. The number of rotatable bonds is 6. The van der Waals surface area contributed by atoms with Crippen LogP contribution in [0.15, 0.2) is 53.3 Å². The lowest BCUT2D eigenvalue weighted by molar-refractivity contribution is -0.153. The second-order valence-electron chi connectivity index (χ2n) is 11.2. The molecule has 3 aliphatic rings. The summed E-state index contributed by atoms with van der Waals surface area (Å²) >= 11 is 0. The number of carbonyl (C=O) groups is 3. The number of aliphatic hydroxyl groups is 3.